The average molecular weight is 244 g/mol. The molecule has 0 aromatic rings. The standard InChI is InChI=1S/C11H20N2O2S/c1-2-15-11(14)13-10(16)12-8-9-6-4-3-5-7-9/h9H,2-8H2,1H3,(H2,12,13,14,16). The summed E-state index contributed by atoms with van der Waals surface area (Å²) in [6.07, 6.45) is 6.00. The van der Waals surface area contributed by atoms with Crippen LogP contribution in [-0.2, 0) is 4.74 Å². The molecule has 4 nitrogen and oxygen atoms in total. The number of hydrogen-bond donors (Lipinski definition) is 2. The Morgan fingerprint density at radius 3 is 2.69 bits per heavy atom. The molecule has 1 amide bonds. The Kier molecular flexibility index (Phi) is 6.15. The fourth-order valence-electron chi connectivity index (χ4n) is 1.93. The minimum atomic E-state index is -0.483. The van der Waals surface area contributed by atoms with Crippen molar-refractivity contribution in [3.63, 3.8) is 0 Å². The second-order valence-corrected chi connectivity index (χ2v) is 4.47. The summed E-state index contributed by atoms with van der Waals surface area (Å²) in [4.78, 5) is 11.0. The maximum absolute atomic E-state index is 11.0. The molecule has 0 saturated heterocycles. The van der Waals surface area contributed by atoms with E-state index < -0.39 is 6.09 Å². The molecule has 5 heteroatoms. The zero-order valence-corrected chi connectivity index (χ0v) is 10.6. The molecule has 0 aromatic heterocycles. The van der Waals surface area contributed by atoms with Gasteiger partial charge in [0.15, 0.2) is 5.11 Å². The number of nitrogens with one attached hydrogen (secondary N) is 2. The maximum atomic E-state index is 11.0. The Hall–Kier alpha value is -0.840. The van der Waals surface area contributed by atoms with Gasteiger partial charge in [0.25, 0.3) is 0 Å². The number of alkyl carbamates (subject to hydrolysis) is 1. The summed E-state index contributed by atoms with van der Waals surface area (Å²) in [6.45, 7) is 2.97. The number of carbonyl (C=O) groups excluding carboxylic acids is 1. The van der Waals surface area contributed by atoms with E-state index in [0.717, 1.165) is 6.54 Å². The average Bonchev–Trinajstić information content (AvgIpc) is 2.28. The van der Waals surface area contributed by atoms with E-state index in [0.29, 0.717) is 17.6 Å². The van der Waals surface area contributed by atoms with Gasteiger partial charge in [0.2, 0.25) is 0 Å². The van der Waals surface area contributed by atoms with E-state index in [1.54, 1.807) is 6.92 Å². The van der Waals surface area contributed by atoms with Crippen LogP contribution in [0, 0.1) is 5.92 Å². The van der Waals surface area contributed by atoms with Crippen molar-refractivity contribution in [2.75, 3.05) is 13.2 Å². The highest BCUT2D eigenvalue weighted by molar-refractivity contribution is 7.80. The third-order valence-electron chi connectivity index (χ3n) is 2.77. The quantitative estimate of drug-likeness (QED) is 0.747. The first-order valence-corrected chi connectivity index (χ1v) is 6.34. The molecule has 0 radical (unpaired) electrons. The van der Waals surface area contributed by atoms with Gasteiger partial charge in [-0.05, 0) is 37.9 Å². The number of rotatable bonds is 3. The lowest BCUT2D eigenvalue weighted by atomic mass is 9.89. The van der Waals surface area contributed by atoms with Crippen molar-refractivity contribution < 1.29 is 9.53 Å². The van der Waals surface area contributed by atoms with Crippen LogP contribution in [0.15, 0.2) is 0 Å². The Balaban J connectivity index is 2.11. The normalized spacial score (nSPS) is 16.6. The number of ether oxygens (including phenoxy) is 1. The Bertz CT molecular complexity index is 240. The van der Waals surface area contributed by atoms with Crippen molar-refractivity contribution in [3.05, 3.63) is 0 Å². The highest BCUT2D eigenvalue weighted by Crippen LogP contribution is 2.22. The first kappa shape index (κ1) is 13.2. The predicted octanol–water partition coefficient (Wildman–Crippen LogP) is 2.19. The number of carbonyl (C=O) groups is 1. The molecule has 0 aliphatic heterocycles. The van der Waals surface area contributed by atoms with Crippen LogP contribution in [0.25, 0.3) is 0 Å². The third-order valence-corrected chi connectivity index (χ3v) is 3.01. The molecule has 1 fully saturated rings. The van der Waals surface area contributed by atoms with E-state index in [1.807, 2.05) is 0 Å². The topological polar surface area (TPSA) is 50.4 Å². The van der Waals surface area contributed by atoms with Crippen molar-refractivity contribution >= 4 is 23.4 Å². The lowest BCUT2D eigenvalue weighted by Crippen LogP contribution is -2.41. The van der Waals surface area contributed by atoms with Crippen LogP contribution in [0.4, 0.5) is 4.79 Å². The predicted molar refractivity (Wildman–Crippen MR) is 67.3 cm³/mol. The number of hydrogen-bond acceptors (Lipinski definition) is 3. The number of thiocarbonyl (C=S) groups is 1. The zero-order valence-electron chi connectivity index (χ0n) is 9.75. The smallest absolute Gasteiger partial charge is 0.413 e. The number of amides is 1. The molecule has 1 aliphatic carbocycles. The lowest BCUT2D eigenvalue weighted by molar-refractivity contribution is 0.157. The van der Waals surface area contributed by atoms with Crippen molar-refractivity contribution in [1.82, 2.24) is 10.6 Å². The molecule has 0 unspecified atom stereocenters. The van der Waals surface area contributed by atoms with Crippen LogP contribution < -0.4 is 10.6 Å². The molecule has 0 aromatic carbocycles. The molecule has 1 saturated carbocycles. The van der Waals surface area contributed by atoms with Gasteiger partial charge in [-0.1, -0.05) is 19.3 Å². The van der Waals surface area contributed by atoms with Crippen LogP contribution in [-0.4, -0.2) is 24.4 Å². The molecule has 0 atom stereocenters. The van der Waals surface area contributed by atoms with Crippen LogP contribution in [0.1, 0.15) is 39.0 Å². The summed E-state index contributed by atoms with van der Waals surface area (Å²) in [7, 11) is 0. The van der Waals surface area contributed by atoms with Gasteiger partial charge < -0.3 is 10.1 Å². The first-order chi connectivity index (χ1) is 7.72. The molecule has 1 rings (SSSR count). The summed E-state index contributed by atoms with van der Waals surface area (Å²) in [6, 6.07) is 0. The molecule has 0 heterocycles. The maximum Gasteiger partial charge on any atom is 0.413 e. The summed E-state index contributed by atoms with van der Waals surface area (Å²) >= 11 is 4.99. The monoisotopic (exact) mass is 244 g/mol. The van der Waals surface area contributed by atoms with Gasteiger partial charge in [-0.2, -0.15) is 0 Å². The van der Waals surface area contributed by atoms with Crippen molar-refractivity contribution in [2.24, 2.45) is 5.92 Å². The van der Waals surface area contributed by atoms with E-state index in [4.69, 9.17) is 17.0 Å². The fourth-order valence-corrected chi connectivity index (χ4v) is 2.10. The van der Waals surface area contributed by atoms with Gasteiger partial charge in [0.1, 0.15) is 0 Å². The second kappa shape index (κ2) is 7.44. The van der Waals surface area contributed by atoms with Gasteiger partial charge in [0, 0.05) is 6.54 Å². The van der Waals surface area contributed by atoms with Crippen LogP contribution in [0.2, 0.25) is 0 Å². The van der Waals surface area contributed by atoms with E-state index in [-0.39, 0.29) is 0 Å². The van der Waals surface area contributed by atoms with Gasteiger partial charge >= 0.3 is 6.09 Å². The summed E-state index contributed by atoms with van der Waals surface area (Å²) in [5, 5.41) is 5.91. The van der Waals surface area contributed by atoms with E-state index >= 15 is 0 Å². The van der Waals surface area contributed by atoms with E-state index in [9.17, 15) is 4.79 Å². The zero-order chi connectivity index (χ0) is 11.8. The minimum absolute atomic E-state index is 0.358. The molecule has 16 heavy (non-hydrogen) atoms. The van der Waals surface area contributed by atoms with E-state index in [2.05, 4.69) is 10.6 Å². The van der Waals surface area contributed by atoms with Crippen LogP contribution >= 0.6 is 12.2 Å². The molecule has 2 N–H and O–H groups in total. The Labute approximate surface area is 102 Å². The van der Waals surface area contributed by atoms with Gasteiger partial charge in [0.05, 0.1) is 6.61 Å². The summed E-state index contributed by atoms with van der Waals surface area (Å²) in [5.41, 5.74) is 0. The SMILES string of the molecule is CCOC(=O)NC(=S)NCC1CCCCC1. The van der Waals surface area contributed by atoms with Crippen LogP contribution in [0.5, 0.6) is 0 Å². The molecule has 92 valence electrons. The minimum Gasteiger partial charge on any atom is -0.450 e. The van der Waals surface area contributed by atoms with E-state index in [1.165, 1.54) is 32.1 Å². The van der Waals surface area contributed by atoms with Gasteiger partial charge in [-0.25, -0.2) is 4.79 Å². The van der Waals surface area contributed by atoms with Crippen molar-refractivity contribution in [3.8, 4) is 0 Å². The molecule has 0 bridgehead atoms. The lowest BCUT2D eigenvalue weighted by Gasteiger charge is -2.22. The molecular formula is C11H20N2O2S. The largest absolute Gasteiger partial charge is 0.450 e. The van der Waals surface area contributed by atoms with Gasteiger partial charge in [-0.3, -0.25) is 5.32 Å². The van der Waals surface area contributed by atoms with Crippen LogP contribution in [0.3, 0.4) is 0 Å². The van der Waals surface area contributed by atoms with Gasteiger partial charge in [-0.15, -0.1) is 0 Å². The van der Waals surface area contributed by atoms with Crippen molar-refractivity contribution in [2.45, 2.75) is 39.0 Å². The first-order valence-electron chi connectivity index (χ1n) is 5.94. The second-order valence-electron chi connectivity index (χ2n) is 4.06. The Morgan fingerprint density at radius 1 is 1.38 bits per heavy atom. The summed E-state index contributed by atoms with van der Waals surface area (Å²) < 4.78 is 4.73. The van der Waals surface area contributed by atoms with Crippen molar-refractivity contribution in [1.29, 1.82) is 0 Å². The highest BCUT2D eigenvalue weighted by Gasteiger charge is 2.13. The highest BCUT2D eigenvalue weighted by atomic mass is 32.1. The summed E-state index contributed by atoms with van der Waals surface area (Å²) in [5.74, 6) is 0.690. The molecule has 0 spiro atoms. The molecular weight excluding hydrogens is 224 g/mol. The fraction of sp³-hybridized carbons (Fsp3) is 0.818. The molecule has 1 aliphatic rings. The Morgan fingerprint density at radius 2 is 2.06 bits per heavy atom. The third kappa shape index (κ3) is 5.30.